The zero-order valence-corrected chi connectivity index (χ0v) is 17.2. The molecule has 0 N–H and O–H groups in total. The number of esters is 1. The van der Waals surface area contributed by atoms with Crippen molar-refractivity contribution in [2.45, 2.75) is 19.3 Å². The highest BCUT2D eigenvalue weighted by atomic mass is 16.6. The van der Waals surface area contributed by atoms with Crippen molar-refractivity contribution in [1.29, 1.82) is 5.26 Å². The largest absolute Gasteiger partial charge is 0.463 e. The fourth-order valence-corrected chi connectivity index (χ4v) is 3.50. The van der Waals surface area contributed by atoms with E-state index >= 15 is 0 Å². The van der Waals surface area contributed by atoms with E-state index in [4.69, 9.17) is 13.7 Å². The van der Waals surface area contributed by atoms with Gasteiger partial charge in [0, 0.05) is 31.8 Å². The Balaban J connectivity index is 1.34. The maximum Gasteiger partial charge on any atom is 0.415 e. The second kappa shape index (κ2) is 8.89. The van der Waals surface area contributed by atoms with Crippen molar-refractivity contribution < 1.29 is 28.0 Å². The van der Waals surface area contributed by atoms with Crippen LogP contribution in [0.5, 0.6) is 0 Å². The number of carbonyl (C=O) groups excluding carboxylic acids is 2. The summed E-state index contributed by atoms with van der Waals surface area (Å²) in [5.74, 6) is 0.236. The Morgan fingerprint density at radius 3 is 2.88 bits per heavy atom. The number of hydrogen-bond donors (Lipinski definition) is 0. The number of fused-ring (bicyclic) bond motifs is 1. The summed E-state index contributed by atoms with van der Waals surface area (Å²) in [5, 5.41) is 13.8. The Bertz CT molecular complexity index is 1210. The molecule has 0 radical (unpaired) electrons. The van der Waals surface area contributed by atoms with Crippen LogP contribution in [-0.2, 0) is 20.7 Å². The molecule has 1 aliphatic rings. The molecule has 11 heteroatoms. The van der Waals surface area contributed by atoms with Gasteiger partial charge in [-0.3, -0.25) is 0 Å². The van der Waals surface area contributed by atoms with Gasteiger partial charge >= 0.3 is 12.1 Å². The average molecular weight is 437 g/mol. The van der Waals surface area contributed by atoms with Crippen LogP contribution in [0.1, 0.15) is 24.4 Å². The highest BCUT2D eigenvalue weighted by Gasteiger charge is 2.27. The van der Waals surface area contributed by atoms with Crippen molar-refractivity contribution in [3.05, 3.63) is 42.2 Å². The van der Waals surface area contributed by atoms with E-state index in [0.29, 0.717) is 54.9 Å². The van der Waals surface area contributed by atoms with E-state index in [0.717, 1.165) is 0 Å². The summed E-state index contributed by atoms with van der Waals surface area (Å²) in [4.78, 5) is 33.4. The number of piperidine rings is 1. The molecule has 0 aliphatic carbocycles. The number of furan rings is 1. The van der Waals surface area contributed by atoms with Crippen LogP contribution in [0.3, 0.4) is 0 Å². The van der Waals surface area contributed by atoms with Gasteiger partial charge in [0.25, 0.3) is 5.89 Å². The molecule has 0 atom stereocenters. The Hall–Kier alpha value is -4.20. The third-order valence-corrected chi connectivity index (χ3v) is 5.20. The fraction of sp³-hybridized carbons (Fsp3) is 0.333. The molecule has 1 fully saturated rings. The monoisotopic (exact) mass is 437 g/mol. The predicted molar refractivity (Wildman–Crippen MR) is 108 cm³/mol. The van der Waals surface area contributed by atoms with Crippen molar-refractivity contribution in [3.8, 4) is 17.7 Å². The van der Waals surface area contributed by atoms with Crippen LogP contribution >= 0.6 is 0 Å². The van der Waals surface area contributed by atoms with Gasteiger partial charge in [0.15, 0.2) is 17.3 Å². The molecule has 0 aromatic carbocycles. The van der Waals surface area contributed by atoms with E-state index in [9.17, 15) is 14.9 Å². The molecule has 4 rings (SSSR count). The Labute approximate surface area is 182 Å². The topological polar surface area (TPSA) is 145 Å². The number of nitrogens with zero attached hydrogens (tertiary/aromatic N) is 5. The highest BCUT2D eigenvalue weighted by molar-refractivity contribution is 5.88. The van der Waals surface area contributed by atoms with Gasteiger partial charge in [-0.1, -0.05) is 5.16 Å². The Morgan fingerprint density at radius 2 is 2.16 bits per heavy atom. The molecular formula is C21H19N5O6. The zero-order chi connectivity index (χ0) is 22.7. The summed E-state index contributed by atoms with van der Waals surface area (Å²) >= 11 is 0. The van der Waals surface area contributed by atoms with Gasteiger partial charge in [0.1, 0.15) is 11.7 Å². The minimum atomic E-state index is -0.786. The molecule has 1 saturated heterocycles. The number of rotatable bonds is 5. The maximum atomic E-state index is 12.1. The minimum Gasteiger partial charge on any atom is -0.463 e. The van der Waals surface area contributed by atoms with Crippen molar-refractivity contribution in [1.82, 2.24) is 20.0 Å². The smallest absolute Gasteiger partial charge is 0.415 e. The lowest BCUT2D eigenvalue weighted by Gasteiger charge is -2.30. The van der Waals surface area contributed by atoms with E-state index in [-0.39, 0.29) is 23.3 Å². The van der Waals surface area contributed by atoms with E-state index < -0.39 is 12.1 Å². The molecule has 32 heavy (non-hydrogen) atoms. The quantitative estimate of drug-likeness (QED) is 0.332. The second-order valence-corrected chi connectivity index (χ2v) is 7.23. The lowest BCUT2D eigenvalue weighted by Crippen LogP contribution is -2.39. The molecule has 3 aromatic rings. The van der Waals surface area contributed by atoms with Gasteiger partial charge in [0.05, 0.1) is 12.5 Å². The number of nitriles is 1. The van der Waals surface area contributed by atoms with Gasteiger partial charge in [-0.15, -0.1) is 0 Å². The van der Waals surface area contributed by atoms with Crippen LogP contribution in [0, 0.1) is 17.2 Å². The van der Waals surface area contributed by atoms with E-state index in [1.54, 1.807) is 12.1 Å². The molecular weight excluding hydrogens is 418 g/mol. The molecule has 0 spiro atoms. The second-order valence-electron chi connectivity index (χ2n) is 7.23. The number of carbonyl (C=O) groups is 2. The molecule has 3 aromatic heterocycles. The van der Waals surface area contributed by atoms with Crippen LogP contribution in [-0.4, -0.2) is 52.3 Å². The number of amides is 1. The first kappa shape index (κ1) is 21.0. The number of aromatic nitrogens is 3. The summed E-state index contributed by atoms with van der Waals surface area (Å²) in [5.41, 5.74) is 0.776. The Morgan fingerprint density at radius 1 is 1.38 bits per heavy atom. The van der Waals surface area contributed by atoms with Gasteiger partial charge in [-0.2, -0.15) is 10.2 Å². The van der Waals surface area contributed by atoms with E-state index in [1.165, 1.54) is 18.2 Å². The number of likely N-dealkylation sites (tertiary alicyclic amines) is 1. The van der Waals surface area contributed by atoms with Gasteiger partial charge < -0.3 is 23.3 Å². The summed E-state index contributed by atoms with van der Waals surface area (Å²) in [7, 11) is 1.19. The molecule has 11 nitrogen and oxygen atoms in total. The van der Waals surface area contributed by atoms with Crippen LogP contribution in [0.25, 0.3) is 22.6 Å². The number of hydrogen-bond acceptors (Lipinski definition) is 10. The number of methoxy groups -OCH3 is 1. The molecule has 4 heterocycles. The number of ether oxygens (including phenoxy) is 2. The SMILES string of the molecule is C=C(OC(=O)N1CCC(Cc2noc(-c3cc4c(C#N)nccc4o3)n2)CC1)C(=O)OC. The first-order chi connectivity index (χ1) is 15.5. The van der Waals surface area contributed by atoms with E-state index in [1.807, 2.05) is 6.07 Å². The third kappa shape index (κ3) is 4.29. The van der Waals surface area contributed by atoms with Crippen LogP contribution in [0.2, 0.25) is 0 Å². The first-order valence-electron chi connectivity index (χ1n) is 9.84. The summed E-state index contributed by atoms with van der Waals surface area (Å²) < 4.78 is 20.4. The standard InChI is InChI=1S/C21H19N5O6/c1-12(20(27)29-2)30-21(28)26-7-4-13(5-8-26)9-18-24-19(32-25-18)17-10-14-15(11-22)23-6-3-16(14)31-17/h3,6,10,13H,1,4-5,7-9H2,2H3. The minimum absolute atomic E-state index is 0.224. The molecule has 0 unspecified atom stereocenters. The molecule has 0 bridgehead atoms. The fourth-order valence-electron chi connectivity index (χ4n) is 3.50. The van der Waals surface area contributed by atoms with Crippen molar-refractivity contribution >= 4 is 23.0 Å². The molecule has 0 saturated carbocycles. The van der Waals surface area contributed by atoms with Crippen molar-refractivity contribution in [2.24, 2.45) is 5.92 Å². The Kier molecular flexibility index (Phi) is 5.85. The van der Waals surface area contributed by atoms with Crippen molar-refractivity contribution in [3.63, 3.8) is 0 Å². The summed E-state index contributed by atoms with van der Waals surface area (Å²) in [6, 6.07) is 5.34. The lowest BCUT2D eigenvalue weighted by atomic mass is 9.93. The van der Waals surface area contributed by atoms with Crippen LogP contribution in [0.4, 0.5) is 4.79 Å². The summed E-state index contributed by atoms with van der Waals surface area (Å²) in [6.07, 6.45) is 2.88. The normalized spacial score (nSPS) is 14.2. The highest BCUT2D eigenvalue weighted by Crippen LogP contribution is 2.29. The first-order valence-corrected chi connectivity index (χ1v) is 9.84. The molecule has 164 valence electrons. The zero-order valence-electron chi connectivity index (χ0n) is 17.2. The maximum absolute atomic E-state index is 12.1. The third-order valence-electron chi connectivity index (χ3n) is 5.20. The van der Waals surface area contributed by atoms with E-state index in [2.05, 4.69) is 26.4 Å². The predicted octanol–water partition coefficient (Wildman–Crippen LogP) is 2.83. The molecule has 1 amide bonds. The van der Waals surface area contributed by atoms with Gasteiger partial charge in [-0.05, 0) is 31.4 Å². The number of pyridine rings is 1. The average Bonchev–Trinajstić information content (AvgIpc) is 3.45. The molecule has 1 aliphatic heterocycles. The van der Waals surface area contributed by atoms with Gasteiger partial charge in [0.2, 0.25) is 5.76 Å². The lowest BCUT2D eigenvalue weighted by molar-refractivity contribution is -0.139. The summed E-state index contributed by atoms with van der Waals surface area (Å²) in [6.45, 7) is 4.32. The van der Waals surface area contributed by atoms with Crippen LogP contribution < -0.4 is 0 Å². The van der Waals surface area contributed by atoms with Gasteiger partial charge in [-0.25, -0.2) is 14.6 Å². The van der Waals surface area contributed by atoms with Crippen molar-refractivity contribution in [2.75, 3.05) is 20.2 Å². The van der Waals surface area contributed by atoms with Crippen LogP contribution in [0.15, 0.2) is 39.6 Å².